The molecule has 0 N–H and O–H groups in total. The zero-order valence-electron chi connectivity index (χ0n) is 16.6. The molecule has 0 spiro atoms. The molecule has 0 aliphatic carbocycles. The minimum atomic E-state index is -0.437. The second-order valence-corrected chi connectivity index (χ2v) is 6.56. The first-order valence-corrected chi connectivity index (χ1v) is 9.40. The van der Waals surface area contributed by atoms with Crippen LogP contribution in [0.25, 0.3) is 33.1 Å². The fraction of sp³-hybridized carbons (Fsp3) is 0.217. The normalized spacial score (nSPS) is 11.1. The Kier molecular flexibility index (Phi) is 5.18. The molecule has 0 saturated carbocycles. The van der Waals surface area contributed by atoms with Crippen LogP contribution >= 0.6 is 0 Å². The van der Waals surface area contributed by atoms with Gasteiger partial charge in [0.1, 0.15) is 18.2 Å². The SMILES string of the molecule is CCOC(=O)c1cc2c3ccccc3n(COC)c2c(-c2ccc(OC)cc2)n1. The lowest BCUT2D eigenvalue weighted by atomic mass is 10.1. The molecule has 0 saturated heterocycles. The van der Waals surface area contributed by atoms with Crippen LogP contribution < -0.4 is 4.74 Å². The summed E-state index contributed by atoms with van der Waals surface area (Å²) in [5, 5.41) is 1.96. The van der Waals surface area contributed by atoms with E-state index in [1.165, 1.54) is 0 Å². The second-order valence-electron chi connectivity index (χ2n) is 6.56. The molecule has 0 unspecified atom stereocenters. The van der Waals surface area contributed by atoms with Gasteiger partial charge in [0.15, 0.2) is 0 Å². The van der Waals surface area contributed by atoms with Crippen molar-refractivity contribution in [1.82, 2.24) is 9.55 Å². The van der Waals surface area contributed by atoms with Crippen LogP contribution in [0.5, 0.6) is 5.75 Å². The first-order valence-electron chi connectivity index (χ1n) is 9.40. The van der Waals surface area contributed by atoms with Crippen molar-refractivity contribution >= 4 is 27.8 Å². The maximum Gasteiger partial charge on any atom is 0.356 e. The Labute approximate surface area is 168 Å². The van der Waals surface area contributed by atoms with Crippen LogP contribution in [0, 0.1) is 0 Å². The van der Waals surface area contributed by atoms with E-state index in [4.69, 9.17) is 19.2 Å². The van der Waals surface area contributed by atoms with Gasteiger partial charge in [0.2, 0.25) is 0 Å². The molecule has 0 aliphatic heterocycles. The van der Waals surface area contributed by atoms with Gasteiger partial charge in [-0.2, -0.15) is 0 Å². The molecular formula is C23H22N2O4. The zero-order chi connectivity index (χ0) is 20.4. The molecule has 0 aliphatic rings. The second kappa shape index (κ2) is 7.93. The number of fused-ring (bicyclic) bond motifs is 3. The average Bonchev–Trinajstić information content (AvgIpc) is 3.08. The van der Waals surface area contributed by atoms with Crippen molar-refractivity contribution in [2.75, 3.05) is 20.8 Å². The molecule has 0 bridgehead atoms. The van der Waals surface area contributed by atoms with Crippen molar-refractivity contribution in [3.63, 3.8) is 0 Å². The fourth-order valence-corrected chi connectivity index (χ4v) is 3.60. The largest absolute Gasteiger partial charge is 0.497 e. The van der Waals surface area contributed by atoms with E-state index in [1.54, 1.807) is 27.2 Å². The van der Waals surface area contributed by atoms with Crippen LogP contribution in [0.15, 0.2) is 54.6 Å². The van der Waals surface area contributed by atoms with Crippen LogP contribution in [-0.2, 0) is 16.2 Å². The number of hydrogen-bond acceptors (Lipinski definition) is 5. The van der Waals surface area contributed by atoms with E-state index in [0.717, 1.165) is 33.1 Å². The molecule has 4 aromatic rings. The molecule has 4 rings (SSSR count). The number of carbonyl (C=O) groups excluding carboxylic acids is 1. The highest BCUT2D eigenvalue weighted by molar-refractivity contribution is 6.13. The highest BCUT2D eigenvalue weighted by atomic mass is 16.5. The molecule has 148 valence electrons. The molecule has 6 nitrogen and oxygen atoms in total. The summed E-state index contributed by atoms with van der Waals surface area (Å²) >= 11 is 0. The van der Waals surface area contributed by atoms with E-state index in [0.29, 0.717) is 19.0 Å². The van der Waals surface area contributed by atoms with E-state index < -0.39 is 5.97 Å². The quantitative estimate of drug-likeness (QED) is 0.449. The number of esters is 1. The number of pyridine rings is 1. The van der Waals surface area contributed by atoms with Crippen molar-refractivity contribution in [2.24, 2.45) is 0 Å². The van der Waals surface area contributed by atoms with Crippen LogP contribution in [0.2, 0.25) is 0 Å². The fourth-order valence-electron chi connectivity index (χ4n) is 3.60. The average molecular weight is 390 g/mol. The summed E-state index contributed by atoms with van der Waals surface area (Å²) in [7, 11) is 3.29. The highest BCUT2D eigenvalue weighted by Gasteiger charge is 2.20. The van der Waals surface area contributed by atoms with Gasteiger partial charge < -0.3 is 18.8 Å². The Morgan fingerprint density at radius 3 is 2.48 bits per heavy atom. The number of rotatable bonds is 6. The third-order valence-electron chi connectivity index (χ3n) is 4.85. The topological polar surface area (TPSA) is 62.6 Å². The molecule has 29 heavy (non-hydrogen) atoms. The molecule has 2 aromatic carbocycles. The van der Waals surface area contributed by atoms with Gasteiger partial charge in [-0.15, -0.1) is 0 Å². The lowest BCUT2D eigenvalue weighted by Gasteiger charge is -2.12. The van der Waals surface area contributed by atoms with Crippen molar-refractivity contribution in [1.29, 1.82) is 0 Å². The summed E-state index contributed by atoms with van der Waals surface area (Å²) in [6.07, 6.45) is 0. The molecule has 0 amide bonds. The van der Waals surface area contributed by atoms with Crippen LogP contribution in [0.4, 0.5) is 0 Å². The van der Waals surface area contributed by atoms with Gasteiger partial charge in [0.05, 0.1) is 30.4 Å². The Morgan fingerprint density at radius 2 is 1.79 bits per heavy atom. The summed E-state index contributed by atoms with van der Waals surface area (Å²) in [5.74, 6) is 0.316. The summed E-state index contributed by atoms with van der Waals surface area (Å²) < 4.78 is 18.0. The first-order chi connectivity index (χ1) is 14.2. The van der Waals surface area contributed by atoms with Crippen molar-refractivity contribution in [3.05, 3.63) is 60.3 Å². The van der Waals surface area contributed by atoms with E-state index in [-0.39, 0.29) is 5.69 Å². The van der Waals surface area contributed by atoms with Gasteiger partial charge in [0, 0.05) is 23.4 Å². The van der Waals surface area contributed by atoms with Gasteiger partial charge >= 0.3 is 5.97 Å². The standard InChI is InChI=1S/C23H22N2O4/c1-4-29-23(26)19-13-18-17-7-5-6-8-20(17)25(14-27-2)22(18)21(24-19)15-9-11-16(28-3)12-10-15/h5-13H,4,14H2,1-3H3. The molecular weight excluding hydrogens is 368 g/mol. The molecule has 6 heteroatoms. The van der Waals surface area contributed by atoms with E-state index in [9.17, 15) is 4.79 Å². The zero-order valence-corrected chi connectivity index (χ0v) is 16.6. The summed E-state index contributed by atoms with van der Waals surface area (Å²) in [5.41, 5.74) is 3.78. The van der Waals surface area contributed by atoms with Crippen LogP contribution in [0.3, 0.4) is 0 Å². The maximum absolute atomic E-state index is 12.5. The Balaban J connectivity index is 2.08. The minimum absolute atomic E-state index is 0.283. The highest BCUT2D eigenvalue weighted by Crippen LogP contribution is 2.36. The first kappa shape index (κ1) is 19.0. The predicted molar refractivity (Wildman–Crippen MR) is 112 cm³/mol. The summed E-state index contributed by atoms with van der Waals surface area (Å²) in [4.78, 5) is 17.2. The Hall–Kier alpha value is -3.38. The lowest BCUT2D eigenvalue weighted by Crippen LogP contribution is -2.09. The summed E-state index contributed by atoms with van der Waals surface area (Å²) in [6, 6.07) is 17.5. The lowest BCUT2D eigenvalue weighted by molar-refractivity contribution is 0.0520. The molecule has 2 aromatic heterocycles. The van der Waals surface area contributed by atoms with Crippen LogP contribution in [-0.4, -0.2) is 36.3 Å². The third-order valence-corrected chi connectivity index (χ3v) is 4.85. The number of ether oxygens (including phenoxy) is 3. The number of para-hydroxylation sites is 1. The number of carbonyl (C=O) groups is 1. The smallest absolute Gasteiger partial charge is 0.356 e. The molecule has 0 fully saturated rings. The van der Waals surface area contributed by atoms with Gasteiger partial charge in [-0.25, -0.2) is 9.78 Å². The minimum Gasteiger partial charge on any atom is -0.497 e. The summed E-state index contributed by atoms with van der Waals surface area (Å²) in [6.45, 7) is 2.45. The van der Waals surface area contributed by atoms with E-state index in [2.05, 4.69) is 4.57 Å². The molecule has 0 radical (unpaired) electrons. The van der Waals surface area contributed by atoms with Crippen molar-refractivity contribution in [2.45, 2.75) is 13.7 Å². The number of aromatic nitrogens is 2. The van der Waals surface area contributed by atoms with Gasteiger partial charge in [-0.05, 0) is 43.3 Å². The third kappa shape index (κ3) is 3.32. The van der Waals surface area contributed by atoms with Gasteiger partial charge in [-0.3, -0.25) is 0 Å². The maximum atomic E-state index is 12.5. The van der Waals surface area contributed by atoms with Gasteiger partial charge in [-0.1, -0.05) is 18.2 Å². The Morgan fingerprint density at radius 1 is 1.03 bits per heavy atom. The van der Waals surface area contributed by atoms with E-state index in [1.807, 2.05) is 48.5 Å². The van der Waals surface area contributed by atoms with Crippen molar-refractivity contribution < 1.29 is 19.0 Å². The Bertz CT molecular complexity index is 1180. The number of methoxy groups -OCH3 is 2. The van der Waals surface area contributed by atoms with Crippen LogP contribution in [0.1, 0.15) is 17.4 Å². The number of benzene rings is 2. The van der Waals surface area contributed by atoms with Crippen molar-refractivity contribution in [3.8, 4) is 17.0 Å². The predicted octanol–water partition coefficient (Wildman–Crippen LogP) is 4.65. The number of hydrogen-bond donors (Lipinski definition) is 0. The molecule has 2 heterocycles. The molecule has 0 atom stereocenters. The monoisotopic (exact) mass is 390 g/mol. The van der Waals surface area contributed by atoms with E-state index >= 15 is 0 Å². The number of nitrogens with zero attached hydrogens (tertiary/aromatic N) is 2. The van der Waals surface area contributed by atoms with Gasteiger partial charge in [0.25, 0.3) is 0 Å².